The monoisotopic (exact) mass is 201 g/mol. The van der Waals surface area contributed by atoms with E-state index >= 15 is 0 Å². The predicted molar refractivity (Wildman–Crippen MR) is 57.5 cm³/mol. The molecule has 4 heteroatoms. The van der Waals surface area contributed by atoms with Crippen LogP contribution in [0.25, 0.3) is 21.3 Å². The maximum absolute atomic E-state index is 4.44. The van der Waals surface area contributed by atoms with Crippen LogP contribution in [0.1, 0.15) is 5.56 Å². The summed E-state index contributed by atoms with van der Waals surface area (Å²) in [6.07, 6.45) is 0. The Labute approximate surface area is 84.6 Å². The second-order valence-electron chi connectivity index (χ2n) is 3.18. The van der Waals surface area contributed by atoms with E-state index in [-0.39, 0.29) is 0 Å². The highest BCUT2D eigenvalue weighted by Gasteiger charge is 2.07. The van der Waals surface area contributed by atoms with Gasteiger partial charge in [0.2, 0.25) is 0 Å². The first-order chi connectivity index (χ1) is 6.86. The number of hydrogen-bond donors (Lipinski definition) is 0. The van der Waals surface area contributed by atoms with Gasteiger partial charge in [-0.15, -0.1) is 5.10 Å². The quantitative estimate of drug-likeness (QED) is 0.561. The summed E-state index contributed by atoms with van der Waals surface area (Å²) in [4.78, 5) is 4.44. The van der Waals surface area contributed by atoms with Crippen molar-refractivity contribution in [3.05, 3.63) is 29.8 Å². The van der Waals surface area contributed by atoms with Crippen LogP contribution in [0.5, 0.6) is 0 Å². The lowest BCUT2D eigenvalue weighted by Gasteiger charge is -2.00. The molecule has 0 saturated heterocycles. The van der Waals surface area contributed by atoms with Crippen molar-refractivity contribution in [1.82, 2.24) is 14.6 Å². The van der Waals surface area contributed by atoms with E-state index in [2.05, 4.69) is 27.6 Å². The molecule has 0 aliphatic rings. The molecule has 14 heavy (non-hydrogen) atoms. The highest BCUT2D eigenvalue weighted by atomic mass is 32.1. The number of nitrogens with zero attached hydrogens (tertiary/aromatic N) is 3. The van der Waals surface area contributed by atoms with Gasteiger partial charge in [0.05, 0.1) is 10.2 Å². The van der Waals surface area contributed by atoms with Gasteiger partial charge >= 0.3 is 0 Å². The Morgan fingerprint density at radius 1 is 1.21 bits per heavy atom. The van der Waals surface area contributed by atoms with Gasteiger partial charge in [-0.25, -0.2) is 4.98 Å². The maximum Gasteiger partial charge on any atom is 0.195 e. The predicted octanol–water partition coefficient (Wildman–Crippen LogP) is 2.55. The smallest absolute Gasteiger partial charge is 0.195 e. The SMILES string of the molecule is Cc1c2ccccc2nc2nnsc12. The van der Waals surface area contributed by atoms with E-state index in [0.29, 0.717) is 0 Å². The van der Waals surface area contributed by atoms with Crippen molar-refractivity contribution in [3.8, 4) is 0 Å². The van der Waals surface area contributed by atoms with Gasteiger partial charge in [0, 0.05) is 5.39 Å². The molecular weight excluding hydrogens is 194 g/mol. The average molecular weight is 201 g/mol. The highest BCUT2D eigenvalue weighted by molar-refractivity contribution is 7.13. The molecule has 0 unspecified atom stereocenters. The standard InChI is InChI=1S/C10H7N3S/c1-6-7-4-2-3-5-8(7)11-10-9(6)14-13-12-10/h2-5H,1H3. The highest BCUT2D eigenvalue weighted by Crippen LogP contribution is 2.25. The summed E-state index contributed by atoms with van der Waals surface area (Å²) in [7, 11) is 0. The fourth-order valence-electron chi connectivity index (χ4n) is 1.62. The van der Waals surface area contributed by atoms with E-state index in [1.165, 1.54) is 22.5 Å². The molecule has 3 nitrogen and oxygen atoms in total. The topological polar surface area (TPSA) is 38.7 Å². The van der Waals surface area contributed by atoms with Crippen LogP contribution in [-0.4, -0.2) is 14.6 Å². The zero-order valence-corrected chi connectivity index (χ0v) is 8.38. The van der Waals surface area contributed by atoms with E-state index in [9.17, 15) is 0 Å². The van der Waals surface area contributed by atoms with Crippen molar-refractivity contribution in [1.29, 1.82) is 0 Å². The van der Waals surface area contributed by atoms with E-state index < -0.39 is 0 Å². The summed E-state index contributed by atoms with van der Waals surface area (Å²) >= 11 is 1.41. The molecule has 1 aromatic carbocycles. The molecule has 0 bridgehead atoms. The van der Waals surface area contributed by atoms with Crippen molar-refractivity contribution in [2.45, 2.75) is 6.92 Å². The second kappa shape index (κ2) is 2.72. The summed E-state index contributed by atoms with van der Waals surface area (Å²) < 4.78 is 5.00. The Kier molecular flexibility index (Phi) is 1.52. The first-order valence-electron chi connectivity index (χ1n) is 4.33. The van der Waals surface area contributed by atoms with Gasteiger partial charge in [-0.2, -0.15) is 0 Å². The van der Waals surface area contributed by atoms with Crippen LogP contribution in [0.2, 0.25) is 0 Å². The number of hydrogen-bond acceptors (Lipinski definition) is 4. The summed E-state index contributed by atoms with van der Waals surface area (Å²) in [5.41, 5.74) is 2.97. The Hall–Kier alpha value is -1.55. The molecule has 0 spiro atoms. The Morgan fingerprint density at radius 2 is 2.07 bits per heavy atom. The third-order valence-corrected chi connectivity index (χ3v) is 3.18. The Balaban J connectivity index is 2.63. The van der Waals surface area contributed by atoms with Crippen molar-refractivity contribution in [2.75, 3.05) is 0 Å². The molecule has 68 valence electrons. The molecule has 0 N–H and O–H groups in total. The summed E-state index contributed by atoms with van der Waals surface area (Å²) in [5, 5.41) is 5.17. The van der Waals surface area contributed by atoms with Gasteiger partial charge in [-0.1, -0.05) is 22.7 Å². The van der Waals surface area contributed by atoms with Crippen LogP contribution in [0.3, 0.4) is 0 Å². The van der Waals surface area contributed by atoms with E-state index in [1.54, 1.807) is 0 Å². The number of aryl methyl sites for hydroxylation is 1. The number of pyridine rings is 1. The molecule has 0 aliphatic carbocycles. The van der Waals surface area contributed by atoms with E-state index in [0.717, 1.165) is 15.9 Å². The van der Waals surface area contributed by atoms with Gasteiger partial charge in [0.1, 0.15) is 0 Å². The number of para-hydroxylation sites is 1. The molecule has 2 heterocycles. The molecule has 0 amide bonds. The maximum atomic E-state index is 4.44. The average Bonchev–Trinajstić information content (AvgIpc) is 2.66. The fraction of sp³-hybridized carbons (Fsp3) is 0.100. The second-order valence-corrected chi connectivity index (χ2v) is 3.93. The minimum atomic E-state index is 0.756. The van der Waals surface area contributed by atoms with Crippen LogP contribution in [0, 0.1) is 6.92 Å². The number of rotatable bonds is 0. The first-order valence-corrected chi connectivity index (χ1v) is 5.11. The molecule has 2 aromatic heterocycles. The third kappa shape index (κ3) is 0.943. The minimum Gasteiger partial charge on any atom is -0.226 e. The summed E-state index contributed by atoms with van der Waals surface area (Å²) in [6, 6.07) is 8.09. The van der Waals surface area contributed by atoms with Crippen LogP contribution < -0.4 is 0 Å². The number of benzene rings is 1. The lowest BCUT2D eigenvalue weighted by Crippen LogP contribution is -1.84. The van der Waals surface area contributed by atoms with Crippen LogP contribution in [0.4, 0.5) is 0 Å². The van der Waals surface area contributed by atoms with Crippen LogP contribution in [0.15, 0.2) is 24.3 Å². The zero-order chi connectivity index (χ0) is 9.54. The molecule has 0 saturated carbocycles. The summed E-state index contributed by atoms with van der Waals surface area (Å²) in [5.74, 6) is 0. The molecule has 3 aromatic rings. The molecular formula is C10H7N3S. The van der Waals surface area contributed by atoms with Gasteiger partial charge in [0.25, 0.3) is 0 Å². The third-order valence-electron chi connectivity index (χ3n) is 2.35. The lowest BCUT2D eigenvalue weighted by molar-refractivity contribution is 1.17. The van der Waals surface area contributed by atoms with E-state index in [4.69, 9.17) is 0 Å². The zero-order valence-electron chi connectivity index (χ0n) is 7.56. The van der Waals surface area contributed by atoms with Gasteiger partial charge < -0.3 is 0 Å². The molecule has 0 atom stereocenters. The normalized spacial score (nSPS) is 11.2. The largest absolute Gasteiger partial charge is 0.226 e. The van der Waals surface area contributed by atoms with Crippen molar-refractivity contribution in [2.24, 2.45) is 0 Å². The van der Waals surface area contributed by atoms with Crippen molar-refractivity contribution >= 4 is 32.8 Å². The van der Waals surface area contributed by atoms with Gasteiger partial charge in [-0.05, 0) is 30.1 Å². The molecule has 0 radical (unpaired) electrons. The Morgan fingerprint density at radius 3 is 3.00 bits per heavy atom. The Bertz CT molecular complexity index is 615. The number of fused-ring (bicyclic) bond motifs is 2. The number of aromatic nitrogens is 3. The van der Waals surface area contributed by atoms with Crippen LogP contribution in [-0.2, 0) is 0 Å². The minimum absolute atomic E-state index is 0.756. The molecule has 0 aliphatic heterocycles. The molecule has 3 rings (SSSR count). The van der Waals surface area contributed by atoms with Crippen LogP contribution >= 0.6 is 11.5 Å². The first kappa shape index (κ1) is 7.82. The van der Waals surface area contributed by atoms with E-state index in [1.807, 2.05) is 18.2 Å². The lowest BCUT2D eigenvalue weighted by atomic mass is 10.1. The van der Waals surface area contributed by atoms with Gasteiger partial charge in [0.15, 0.2) is 5.65 Å². The summed E-state index contributed by atoms with van der Waals surface area (Å²) in [6.45, 7) is 2.09. The molecule has 0 fully saturated rings. The fourth-order valence-corrected chi connectivity index (χ4v) is 2.23. The van der Waals surface area contributed by atoms with Gasteiger partial charge in [-0.3, -0.25) is 0 Å². The van der Waals surface area contributed by atoms with Crippen molar-refractivity contribution in [3.63, 3.8) is 0 Å². The van der Waals surface area contributed by atoms with Crippen molar-refractivity contribution < 1.29 is 0 Å².